The summed E-state index contributed by atoms with van der Waals surface area (Å²) in [4.78, 5) is 32.6. The molecule has 0 saturated heterocycles. The summed E-state index contributed by atoms with van der Waals surface area (Å²) in [5.41, 5.74) is -0.151. The van der Waals surface area contributed by atoms with E-state index >= 15 is 0 Å². The zero-order chi connectivity index (χ0) is 19.8. The molecule has 2 rings (SSSR count). The van der Waals surface area contributed by atoms with Crippen LogP contribution < -0.4 is 10.2 Å². The summed E-state index contributed by atoms with van der Waals surface area (Å²) in [6.45, 7) is 1.64. The Labute approximate surface area is 158 Å². The van der Waals surface area contributed by atoms with Crippen LogP contribution in [0.3, 0.4) is 0 Å². The molecule has 0 bridgehead atoms. The van der Waals surface area contributed by atoms with Crippen molar-refractivity contribution in [1.29, 1.82) is 0 Å². The molecule has 0 atom stereocenters. The summed E-state index contributed by atoms with van der Waals surface area (Å²) in [6, 6.07) is 0. The second-order valence-electron chi connectivity index (χ2n) is 6.70. The SMILES string of the molecule is COCCN(C)c1ncc([N+](=O)[O-])c(NCC2CCC(C(=O)OC)CC2)n1. The number of aromatic nitrogens is 2. The van der Waals surface area contributed by atoms with Crippen LogP contribution in [0, 0.1) is 22.0 Å². The maximum absolute atomic E-state index is 11.6. The lowest BCUT2D eigenvalue weighted by Gasteiger charge is -2.27. The molecule has 1 aromatic heterocycles. The lowest BCUT2D eigenvalue weighted by molar-refractivity contribution is -0.384. The Kier molecular flexibility index (Phi) is 7.71. The number of anilines is 2. The molecular weight excluding hydrogens is 354 g/mol. The van der Waals surface area contributed by atoms with Gasteiger partial charge in [0.15, 0.2) is 0 Å². The molecular formula is C17H27N5O5. The van der Waals surface area contributed by atoms with E-state index in [2.05, 4.69) is 15.3 Å². The van der Waals surface area contributed by atoms with E-state index < -0.39 is 4.92 Å². The second-order valence-corrected chi connectivity index (χ2v) is 6.70. The number of nitrogens with one attached hydrogen (secondary N) is 1. The maximum atomic E-state index is 11.6. The van der Waals surface area contributed by atoms with Gasteiger partial charge >= 0.3 is 11.7 Å². The van der Waals surface area contributed by atoms with E-state index in [1.165, 1.54) is 13.3 Å². The molecule has 0 amide bonds. The van der Waals surface area contributed by atoms with Gasteiger partial charge in [0.2, 0.25) is 11.8 Å². The third-order valence-corrected chi connectivity index (χ3v) is 4.87. The van der Waals surface area contributed by atoms with Crippen molar-refractivity contribution in [2.24, 2.45) is 11.8 Å². The van der Waals surface area contributed by atoms with Crippen molar-refractivity contribution < 1.29 is 19.2 Å². The number of rotatable bonds is 9. The second kappa shape index (κ2) is 10.0. The molecule has 150 valence electrons. The molecule has 0 unspecified atom stereocenters. The summed E-state index contributed by atoms with van der Waals surface area (Å²) in [5, 5.41) is 14.4. The molecule has 1 aromatic rings. The lowest BCUT2D eigenvalue weighted by atomic mass is 9.82. The molecule has 1 aliphatic carbocycles. The highest BCUT2D eigenvalue weighted by atomic mass is 16.6. The molecule has 1 aliphatic rings. The number of ether oxygens (including phenoxy) is 2. The Morgan fingerprint density at radius 3 is 2.67 bits per heavy atom. The summed E-state index contributed by atoms with van der Waals surface area (Å²) in [6.07, 6.45) is 4.51. The first-order valence-electron chi connectivity index (χ1n) is 8.99. The number of hydrogen-bond donors (Lipinski definition) is 1. The van der Waals surface area contributed by atoms with E-state index in [1.54, 1.807) is 19.1 Å². The number of methoxy groups -OCH3 is 2. The van der Waals surface area contributed by atoms with Gasteiger partial charge in [-0.15, -0.1) is 0 Å². The van der Waals surface area contributed by atoms with Gasteiger partial charge in [0, 0.05) is 27.2 Å². The van der Waals surface area contributed by atoms with Crippen LogP contribution in [0.4, 0.5) is 17.5 Å². The van der Waals surface area contributed by atoms with Crippen molar-refractivity contribution in [2.45, 2.75) is 25.7 Å². The highest BCUT2D eigenvalue weighted by molar-refractivity contribution is 5.72. The van der Waals surface area contributed by atoms with Crippen LogP contribution in [0.15, 0.2) is 6.20 Å². The van der Waals surface area contributed by atoms with Gasteiger partial charge in [-0.1, -0.05) is 0 Å². The number of carbonyl (C=O) groups excluding carboxylic acids is 1. The molecule has 0 aliphatic heterocycles. The minimum atomic E-state index is -0.491. The maximum Gasteiger partial charge on any atom is 0.329 e. The minimum absolute atomic E-state index is 0.0410. The van der Waals surface area contributed by atoms with Crippen molar-refractivity contribution in [3.05, 3.63) is 16.3 Å². The normalized spacial score (nSPS) is 19.4. The third-order valence-electron chi connectivity index (χ3n) is 4.87. The third kappa shape index (κ3) is 5.75. The molecule has 10 heteroatoms. The molecule has 0 spiro atoms. The van der Waals surface area contributed by atoms with E-state index in [0.29, 0.717) is 31.6 Å². The van der Waals surface area contributed by atoms with Crippen LogP contribution in [0.2, 0.25) is 0 Å². The first-order valence-corrected chi connectivity index (χ1v) is 8.99. The number of nitro groups is 1. The fourth-order valence-electron chi connectivity index (χ4n) is 3.15. The Balaban J connectivity index is 1.99. The molecule has 1 heterocycles. The molecule has 27 heavy (non-hydrogen) atoms. The van der Waals surface area contributed by atoms with Crippen LogP contribution in [0.1, 0.15) is 25.7 Å². The van der Waals surface area contributed by atoms with Crippen molar-refractivity contribution >= 4 is 23.4 Å². The zero-order valence-electron chi connectivity index (χ0n) is 16.0. The topological polar surface area (TPSA) is 120 Å². The van der Waals surface area contributed by atoms with Crippen LogP contribution in [0.25, 0.3) is 0 Å². The summed E-state index contributed by atoms with van der Waals surface area (Å²) >= 11 is 0. The summed E-state index contributed by atoms with van der Waals surface area (Å²) in [7, 11) is 4.82. The Morgan fingerprint density at radius 1 is 1.37 bits per heavy atom. The van der Waals surface area contributed by atoms with Gasteiger partial charge in [0.05, 0.1) is 24.6 Å². The van der Waals surface area contributed by atoms with E-state index in [0.717, 1.165) is 25.7 Å². The molecule has 10 nitrogen and oxygen atoms in total. The predicted molar refractivity (Wildman–Crippen MR) is 99.8 cm³/mol. The van der Waals surface area contributed by atoms with Crippen LogP contribution in [0.5, 0.6) is 0 Å². The van der Waals surface area contributed by atoms with Gasteiger partial charge in [-0.2, -0.15) is 4.98 Å². The average molecular weight is 381 g/mol. The lowest BCUT2D eigenvalue weighted by Crippen LogP contribution is -2.27. The van der Waals surface area contributed by atoms with Crippen molar-refractivity contribution in [2.75, 3.05) is 51.2 Å². The van der Waals surface area contributed by atoms with Gasteiger partial charge in [-0.05, 0) is 31.6 Å². The number of esters is 1. The zero-order valence-corrected chi connectivity index (χ0v) is 16.0. The molecule has 1 saturated carbocycles. The number of likely N-dealkylation sites (N-methyl/N-ethyl adjacent to an activating group) is 1. The average Bonchev–Trinajstić information content (AvgIpc) is 2.69. The fraction of sp³-hybridized carbons (Fsp3) is 0.706. The Hall–Kier alpha value is -2.49. The van der Waals surface area contributed by atoms with E-state index in [1.807, 2.05) is 0 Å². The molecule has 1 N–H and O–H groups in total. The quantitative estimate of drug-likeness (QED) is 0.388. The van der Waals surface area contributed by atoms with Gasteiger partial charge < -0.3 is 19.7 Å². The van der Waals surface area contributed by atoms with Gasteiger partial charge in [0.25, 0.3) is 0 Å². The molecule has 1 fully saturated rings. The summed E-state index contributed by atoms with van der Waals surface area (Å²) < 4.78 is 9.83. The Bertz CT molecular complexity index is 649. The number of nitrogens with zero attached hydrogens (tertiary/aromatic N) is 4. The van der Waals surface area contributed by atoms with Crippen LogP contribution >= 0.6 is 0 Å². The Morgan fingerprint density at radius 2 is 2.07 bits per heavy atom. The van der Waals surface area contributed by atoms with Gasteiger partial charge in [-0.25, -0.2) is 4.98 Å². The summed E-state index contributed by atoms with van der Waals surface area (Å²) in [5.74, 6) is 0.742. The van der Waals surface area contributed by atoms with Crippen molar-refractivity contribution in [1.82, 2.24) is 9.97 Å². The molecule has 0 radical (unpaired) electrons. The monoisotopic (exact) mass is 381 g/mol. The van der Waals surface area contributed by atoms with E-state index in [9.17, 15) is 14.9 Å². The highest BCUT2D eigenvalue weighted by Gasteiger charge is 2.27. The largest absolute Gasteiger partial charge is 0.469 e. The molecule has 0 aromatic carbocycles. The fourth-order valence-corrected chi connectivity index (χ4v) is 3.15. The first-order chi connectivity index (χ1) is 13.0. The smallest absolute Gasteiger partial charge is 0.329 e. The van der Waals surface area contributed by atoms with E-state index in [-0.39, 0.29) is 23.4 Å². The predicted octanol–water partition coefficient (Wildman–Crippen LogP) is 1.86. The minimum Gasteiger partial charge on any atom is -0.469 e. The van der Waals surface area contributed by atoms with E-state index in [4.69, 9.17) is 9.47 Å². The highest BCUT2D eigenvalue weighted by Crippen LogP contribution is 2.30. The van der Waals surface area contributed by atoms with Crippen LogP contribution in [-0.2, 0) is 14.3 Å². The standard InChI is InChI=1S/C17H27N5O5/c1-21(8-9-26-2)17-19-11-14(22(24)25)15(20-17)18-10-12-4-6-13(7-5-12)16(23)27-3/h11-13H,4-10H2,1-3H3,(H,18,19,20). The first kappa shape index (κ1) is 20.8. The van der Waals surface area contributed by atoms with Crippen molar-refractivity contribution in [3.63, 3.8) is 0 Å². The van der Waals surface area contributed by atoms with Crippen LogP contribution in [-0.4, -0.2) is 61.8 Å². The number of hydrogen-bond acceptors (Lipinski definition) is 9. The van der Waals surface area contributed by atoms with Gasteiger partial charge in [0.1, 0.15) is 6.20 Å². The number of carbonyl (C=O) groups is 1. The van der Waals surface area contributed by atoms with Crippen molar-refractivity contribution in [3.8, 4) is 0 Å². The van der Waals surface area contributed by atoms with Gasteiger partial charge in [-0.3, -0.25) is 14.9 Å².